The summed E-state index contributed by atoms with van der Waals surface area (Å²) in [6, 6.07) is 7.21. The smallest absolute Gasteiger partial charge is 0.225 e. The summed E-state index contributed by atoms with van der Waals surface area (Å²) in [6.45, 7) is 1.83. The van der Waals surface area contributed by atoms with E-state index in [1.54, 1.807) is 23.9 Å². The molecule has 23 heavy (non-hydrogen) atoms. The van der Waals surface area contributed by atoms with Crippen LogP contribution >= 0.6 is 23.1 Å². The molecular formula is C16H13N3O2S2. The molecule has 0 spiro atoms. The van der Waals surface area contributed by atoms with Gasteiger partial charge in [0, 0.05) is 33.7 Å². The lowest BCUT2D eigenvalue weighted by Crippen LogP contribution is -2.13. The lowest BCUT2D eigenvalue weighted by Gasteiger charge is -2.10. The number of Topliss-reactive ketones (excluding diaryl/α,β-unsaturated/α-hetero) is 1. The fourth-order valence-corrected chi connectivity index (χ4v) is 4.04. The molecule has 1 aromatic heterocycles. The summed E-state index contributed by atoms with van der Waals surface area (Å²) in [5.41, 5.74) is 1.84. The molecular weight excluding hydrogens is 330 g/mol. The highest BCUT2D eigenvalue weighted by Gasteiger charge is 2.26. The number of carbonyl (C=O) groups is 2. The largest absolute Gasteiger partial charge is 0.325 e. The normalized spacial score (nSPS) is 15.0. The van der Waals surface area contributed by atoms with Gasteiger partial charge in [-0.1, -0.05) is 6.07 Å². The van der Waals surface area contributed by atoms with Gasteiger partial charge in [-0.2, -0.15) is 5.26 Å². The number of carbonyl (C=O) groups excluding carboxylic acids is 2. The Morgan fingerprint density at radius 1 is 1.48 bits per heavy atom. The quantitative estimate of drug-likeness (QED) is 0.864. The number of thioether (sulfide) groups is 1. The van der Waals surface area contributed by atoms with E-state index in [1.165, 1.54) is 11.3 Å². The van der Waals surface area contributed by atoms with E-state index in [1.807, 2.05) is 24.4 Å². The van der Waals surface area contributed by atoms with Crippen LogP contribution in [0, 0.1) is 18.3 Å². The number of amides is 1. The van der Waals surface area contributed by atoms with E-state index in [-0.39, 0.29) is 11.7 Å². The van der Waals surface area contributed by atoms with Crippen LogP contribution in [0.5, 0.6) is 0 Å². The summed E-state index contributed by atoms with van der Waals surface area (Å²) in [5, 5.41) is 14.5. The average Bonchev–Trinajstić information content (AvgIpc) is 2.86. The Morgan fingerprint density at radius 2 is 2.30 bits per heavy atom. The molecule has 1 atom stereocenters. The maximum Gasteiger partial charge on any atom is 0.225 e. The zero-order valence-corrected chi connectivity index (χ0v) is 14.0. The van der Waals surface area contributed by atoms with Crippen molar-refractivity contribution in [2.45, 2.75) is 24.2 Å². The maximum atomic E-state index is 12.7. The summed E-state index contributed by atoms with van der Waals surface area (Å²) in [7, 11) is 0. The van der Waals surface area contributed by atoms with Crippen LogP contribution in [0.25, 0.3) is 0 Å². The Bertz CT molecular complexity index is 823. The van der Waals surface area contributed by atoms with E-state index in [0.29, 0.717) is 28.4 Å². The summed E-state index contributed by atoms with van der Waals surface area (Å²) in [6.07, 6.45) is 0.446. The molecule has 2 heterocycles. The molecule has 2 aromatic rings. The van der Waals surface area contributed by atoms with Crippen LogP contribution in [0.2, 0.25) is 0 Å². The van der Waals surface area contributed by atoms with E-state index in [9.17, 15) is 14.9 Å². The fourth-order valence-electron chi connectivity index (χ4n) is 2.27. The Balaban J connectivity index is 1.93. The number of nitrogens with one attached hydrogen (secondary N) is 1. The van der Waals surface area contributed by atoms with E-state index in [2.05, 4.69) is 10.3 Å². The van der Waals surface area contributed by atoms with Gasteiger partial charge in [-0.25, -0.2) is 4.98 Å². The maximum absolute atomic E-state index is 12.7. The third kappa shape index (κ3) is 3.28. The second-order valence-corrected chi connectivity index (χ2v) is 7.14. The molecule has 0 saturated heterocycles. The first-order chi connectivity index (χ1) is 11.1. The first kappa shape index (κ1) is 15.7. The molecule has 1 aromatic carbocycles. The molecule has 1 unspecified atom stereocenters. The van der Waals surface area contributed by atoms with Gasteiger partial charge in [-0.05, 0) is 19.1 Å². The minimum Gasteiger partial charge on any atom is -0.325 e. The van der Waals surface area contributed by atoms with Gasteiger partial charge in [0.1, 0.15) is 5.01 Å². The number of nitriles is 1. The monoisotopic (exact) mass is 343 g/mol. The molecule has 1 aliphatic heterocycles. The van der Waals surface area contributed by atoms with E-state index < -0.39 is 5.92 Å². The van der Waals surface area contributed by atoms with E-state index in [4.69, 9.17) is 0 Å². The molecule has 1 N–H and O–H groups in total. The molecule has 1 amide bonds. The molecule has 7 heteroatoms. The average molecular weight is 343 g/mol. The molecule has 3 rings (SSSR count). The van der Waals surface area contributed by atoms with Crippen molar-refractivity contribution in [1.29, 1.82) is 5.26 Å². The Hall–Kier alpha value is -2.17. The van der Waals surface area contributed by atoms with Gasteiger partial charge < -0.3 is 5.32 Å². The van der Waals surface area contributed by atoms with Gasteiger partial charge in [0.25, 0.3) is 0 Å². The van der Waals surface area contributed by atoms with Crippen molar-refractivity contribution in [3.63, 3.8) is 0 Å². The number of aryl methyl sites for hydroxylation is 1. The first-order valence-corrected chi connectivity index (χ1v) is 8.87. The van der Waals surface area contributed by atoms with Gasteiger partial charge in [-0.15, -0.1) is 23.1 Å². The predicted molar refractivity (Wildman–Crippen MR) is 89.9 cm³/mol. The lowest BCUT2D eigenvalue weighted by molar-refractivity contribution is -0.115. The molecule has 0 saturated carbocycles. The first-order valence-electron chi connectivity index (χ1n) is 7.01. The van der Waals surface area contributed by atoms with Crippen LogP contribution in [0.4, 0.5) is 5.69 Å². The zero-order valence-electron chi connectivity index (χ0n) is 12.3. The van der Waals surface area contributed by atoms with Crippen molar-refractivity contribution in [3.05, 3.63) is 39.8 Å². The SMILES string of the molecule is Cc1csc(C(C#N)C(=O)c2ccc3c(c2)NC(=O)CCS3)n1. The number of anilines is 1. The van der Waals surface area contributed by atoms with Crippen molar-refractivity contribution < 1.29 is 9.59 Å². The second kappa shape index (κ2) is 6.52. The number of ketones is 1. The number of hydrogen-bond acceptors (Lipinski definition) is 6. The van der Waals surface area contributed by atoms with Crippen LogP contribution in [-0.2, 0) is 4.79 Å². The summed E-state index contributed by atoms with van der Waals surface area (Å²) < 4.78 is 0. The third-order valence-electron chi connectivity index (χ3n) is 3.40. The van der Waals surface area contributed by atoms with Gasteiger partial charge in [0.05, 0.1) is 11.8 Å². The van der Waals surface area contributed by atoms with Gasteiger partial charge >= 0.3 is 0 Å². The van der Waals surface area contributed by atoms with Crippen molar-refractivity contribution in [1.82, 2.24) is 4.98 Å². The Labute approximate surface area is 141 Å². The molecule has 0 aliphatic carbocycles. The van der Waals surface area contributed by atoms with Crippen LogP contribution in [0.15, 0.2) is 28.5 Å². The Morgan fingerprint density at radius 3 is 3.00 bits per heavy atom. The van der Waals surface area contributed by atoms with Crippen LogP contribution in [-0.4, -0.2) is 22.4 Å². The number of fused-ring (bicyclic) bond motifs is 1. The molecule has 0 bridgehead atoms. The lowest BCUT2D eigenvalue weighted by atomic mass is 9.99. The van der Waals surface area contributed by atoms with Crippen LogP contribution in [0.1, 0.15) is 33.4 Å². The Kier molecular flexibility index (Phi) is 4.46. The number of hydrogen-bond donors (Lipinski definition) is 1. The molecule has 0 fully saturated rings. The molecule has 116 valence electrons. The predicted octanol–water partition coefficient (Wildman–Crippen LogP) is 3.38. The van der Waals surface area contributed by atoms with Crippen LogP contribution in [0.3, 0.4) is 0 Å². The van der Waals surface area contributed by atoms with E-state index >= 15 is 0 Å². The highest BCUT2D eigenvalue weighted by atomic mass is 32.2. The molecule has 5 nitrogen and oxygen atoms in total. The van der Waals surface area contributed by atoms with Gasteiger partial charge in [0.15, 0.2) is 11.7 Å². The highest BCUT2D eigenvalue weighted by molar-refractivity contribution is 7.99. The van der Waals surface area contributed by atoms with Crippen LogP contribution < -0.4 is 5.32 Å². The van der Waals surface area contributed by atoms with Crippen molar-refractivity contribution >= 4 is 40.5 Å². The number of nitrogens with zero attached hydrogens (tertiary/aromatic N) is 2. The topological polar surface area (TPSA) is 82.9 Å². The summed E-state index contributed by atoms with van der Waals surface area (Å²) >= 11 is 2.89. The van der Waals surface area contributed by atoms with Crippen molar-refractivity contribution in [3.8, 4) is 6.07 Å². The molecule has 1 aliphatic rings. The van der Waals surface area contributed by atoms with E-state index in [0.717, 1.165) is 10.6 Å². The molecule has 0 radical (unpaired) electrons. The number of benzene rings is 1. The number of aromatic nitrogens is 1. The number of rotatable bonds is 3. The van der Waals surface area contributed by atoms with Crippen molar-refractivity contribution in [2.24, 2.45) is 0 Å². The van der Waals surface area contributed by atoms with Crippen molar-refractivity contribution in [2.75, 3.05) is 11.1 Å². The summed E-state index contributed by atoms with van der Waals surface area (Å²) in [5.74, 6) is -0.562. The summed E-state index contributed by atoms with van der Waals surface area (Å²) in [4.78, 5) is 29.5. The zero-order chi connectivity index (χ0) is 16.4. The second-order valence-electron chi connectivity index (χ2n) is 5.11. The number of thiazole rings is 1. The fraction of sp³-hybridized carbons (Fsp3) is 0.250. The van der Waals surface area contributed by atoms with Gasteiger partial charge in [0.2, 0.25) is 5.91 Å². The highest BCUT2D eigenvalue weighted by Crippen LogP contribution is 2.33. The van der Waals surface area contributed by atoms with Gasteiger partial charge in [-0.3, -0.25) is 9.59 Å². The standard InChI is InChI=1S/C16H13N3O2S2/c1-9-8-23-16(18-9)11(7-17)15(21)10-2-3-13-12(6-10)19-14(20)4-5-22-13/h2-3,6,8,11H,4-5H2,1H3,(H,19,20). The minimum absolute atomic E-state index is 0.0618. The third-order valence-corrected chi connectivity index (χ3v) is 5.50. The minimum atomic E-state index is -0.916.